The minimum atomic E-state index is 0.671. The van der Waals surface area contributed by atoms with E-state index in [1.807, 2.05) is 24.3 Å². The molecule has 2 rings (SSSR count). The highest BCUT2D eigenvalue weighted by atomic mass is 16.5. The van der Waals surface area contributed by atoms with Crippen LogP contribution < -0.4 is 10.5 Å². The smallest absolute Gasteiger partial charge is 0.181 e. The molecule has 0 saturated heterocycles. The van der Waals surface area contributed by atoms with Crippen LogP contribution in [0.1, 0.15) is 6.42 Å². The van der Waals surface area contributed by atoms with Gasteiger partial charge in [-0.05, 0) is 18.2 Å². The van der Waals surface area contributed by atoms with Gasteiger partial charge in [0.15, 0.2) is 12.7 Å². The minimum absolute atomic E-state index is 0.671. The fourth-order valence-corrected chi connectivity index (χ4v) is 1.49. The van der Waals surface area contributed by atoms with Gasteiger partial charge in [-0.15, -0.1) is 0 Å². The zero-order valence-electron chi connectivity index (χ0n) is 8.60. The first kappa shape index (κ1) is 9.77. The summed E-state index contributed by atoms with van der Waals surface area (Å²) in [6, 6.07) is 7.50. The van der Waals surface area contributed by atoms with Gasteiger partial charge in [0.25, 0.3) is 0 Å². The quantitative estimate of drug-likeness (QED) is 0.597. The van der Waals surface area contributed by atoms with Gasteiger partial charge in [0.05, 0.1) is 0 Å². The normalized spacial score (nSPS) is 14.0. The van der Waals surface area contributed by atoms with Crippen molar-refractivity contribution in [3.63, 3.8) is 0 Å². The van der Waals surface area contributed by atoms with Gasteiger partial charge < -0.3 is 10.5 Å². The molecule has 3 heteroatoms. The molecule has 0 saturated carbocycles. The molecule has 1 aliphatic heterocycles. The second-order valence-corrected chi connectivity index (χ2v) is 3.46. The lowest BCUT2D eigenvalue weighted by Crippen LogP contribution is -2.13. The fraction of sp³-hybridized carbons (Fsp3) is 0.250. The summed E-state index contributed by atoms with van der Waals surface area (Å²) in [5.74, 6) is 0.832. The summed E-state index contributed by atoms with van der Waals surface area (Å²) in [6.07, 6.45) is 7.37. The van der Waals surface area contributed by atoms with Gasteiger partial charge in [0.2, 0.25) is 0 Å². The second kappa shape index (κ2) is 4.64. The van der Waals surface area contributed by atoms with Crippen molar-refractivity contribution >= 4 is 11.9 Å². The van der Waals surface area contributed by atoms with Crippen LogP contribution >= 0.6 is 0 Å². The summed E-state index contributed by atoms with van der Waals surface area (Å²) in [4.78, 5) is 0. The van der Waals surface area contributed by atoms with E-state index in [1.54, 1.807) is 0 Å². The Kier molecular flexibility index (Phi) is 3.02. The molecule has 1 aromatic carbocycles. The Morgan fingerprint density at radius 1 is 1.40 bits per heavy atom. The van der Waals surface area contributed by atoms with E-state index in [0.29, 0.717) is 6.61 Å². The average molecular weight is 203 g/mol. The third-order valence-corrected chi connectivity index (χ3v) is 2.25. The highest BCUT2D eigenvalue weighted by molar-refractivity contribution is 5.55. The molecule has 0 amide bonds. The number of allylic oxidation sites excluding steroid dienone is 1. The maximum atomic E-state index is 5.64. The van der Waals surface area contributed by atoms with Crippen molar-refractivity contribution in [3.05, 3.63) is 36.5 Å². The number of nitrogens with zero attached hydrogens (tertiary/aromatic N) is 1. The average Bonchev–Trinajstić information content (AvgIpc) is 2.71. The number of hydrogen-bond acceptors (Lipinski definition) is 2. The van der Waals surface area contributed by atoms with E-state index in [1.165, 1.54) is 0 Å². The minimum Gasteiger partial charge on any atom is -0.487 e. The molecule has 1 aliphatic rings. The number of ether oxygens (including phenoxy) is 1. The van der Waals surface area contributed by atoms with E-state index < -0.39 is 0 Å². The molecule has 15 heavy (non-hydrogen) atoms. The van der Waals surface area contributed by atoms with Crippen molar-refractivity contribution in [3.8, 4) is 5.75 Å². The van der Waals surface area contributed by atoms with Crippen LogP contribution in [-0.4, -0.2) is 23.9 Å². The Balaban J connectivity index is 1.80. The van der Waals surface area contributed by atoms with Gasteiger partial charge in [-0.3, -0.25) is 0 Å². The number of benzene rings is 1. The van der Waals surface area contributed by atoms with Gasteiger partial charge in [0, 0.05) is 18.2 Å². The highest BCUT2D eigenvalue weighted by Gasteiger charge is 2.04. The molecule has 0 aromatic heterocycles. The molecule has 0 fully saturated rings. The Bertz CT molecular complexity index is 396. The van der Waals surface area contributed by atoms with Crippen molar-refractivity contribution in [1.82, 2.24) is 0 Å². The van der Waals surface area contributed by atoms with Crippen LogP contribution in [0.3, 0.4) is 0 Å². The van der Waals surface area contributed by atoms with Crippen molar-refractivity contribution in [2.75, 3.05) is 18.9 Å². The first-order valence-electron chi connectivity index (χ1n) is 5.09. The van der Waals surface area contributed by atoms with Crippen LogP contribution in [0.5, 0.6) is 5.75 Å². The molecule has 0 spiro atoms. The first-order valence-corrected chi connectivity index (χ1v) is 5.09. The van der Waals surface area contributed by atoms with Gasteiger partial charge >= 0.3 is 0 Å². The Hall–Kier alpha value is -1.77. The predicted octanol–water partition coefficient (Wildman–Crippen LogP) is 1.65. The predicted molar refractivity (Wildman–Crippen MR) is 61.3 cm³/mol. The van der Waals surface area contributed by atoms with E-state index in [9.17, 15) is 0 Å². The summed E-state index contributed by atoms with van der Waals surface area (Å²) in [5, 5.41) is 0. The van der Waals surface area contributed by atoms with Gasteiger partial charge in [-0.25, -0.2) is 4.58 Å². The lowest BCUT2D eigenvalue weighted by atomic mass is 10.3. The molecule has 1 aromatic rings. The monoisotopic (exact) mass is 203 g/mol. The number of nitrogen functional groups attached to an aromatic ring is 1. The molecular weight excluding hydrogens is 188 g/mol. The third-order valence-electron chi connectivity index (χ3n) is 2.25. The maximum Gasteiger partial charge on any atom is 0.181 e. The Morgan fingerprint density at radius 2 is 2.33 bits per heavy atom. The van der Waals surface area contributed by atoms with Crippen LogP contribution in [0.4, 0.5) is 5.69 Å². The van der Waals surface area contributed by atoms with Gasteiger partial charge in [0.1, 0.15) is 18.6 Å². The fourth-order valence-electron chi connectivity index (χ4n) is 1.49. The van der Waals surface area contributed by atoms with E-state index >= 15 is 0 Å². The molecule has 0 unspecified atom stereocenters. The second-order valence-electron chi connectivity index (χ2n) is 3.46. The number of nitrogens with two attached hydrogens (primary N) is 1. The summed E-state index contributed by atoms with van der Waals surface area (Å²) in [6.45, 7) is 1.55. The summed E-state index contributed by atoms with van der Waals surface area (Å²) in [5.41, 5.74) is 6.38. The molecule has 78 valence electrons. The van der Waals surface area contributed by atoms with E-state index in [-0.39, 0.29) is 0 Å². The van der Waals surface area contributed by atoms with Crippen LogP contribution in [-0.2, 0) is 0 Å². The maximum absolute atomic E-state index is 5.64. The summed E-state index contributed by atoms with van der Waals surface area (Å²) < 4.78 is 7.70. The van der Waals surface area contributed by atoms with E-state index in [2.05, 4.69) is 23.1 Å². The van der Waals surface area contributed by atoms with Crippen LogP contribution in [0.15, 0.2) is 36.5 Å². The lowest BCUT2D eigenvalue weighted by molar-refractivity contribution is -0.451. The summed E-state index contributed by atoms with van der Waals surface area (Å²) >= 11 is 0. The molecule has 2 N–H and O–H groups in total. The topological polar surface area (TPSA) is 38.3 Å². The molecular formula is C12H15N2O+. The summed E-state index contributed by atoms with van der Waals surface area (Å²) in [7, 11) is 0. The molecule has 1 heterocycles. The number of rotatable bonds is 4. The molecule has 0 radical (unpaired) electrons. The number of anilines is 1. The number of hydrogen-bond donors (Lipinski definition) is 1. The van der Waals surface area contributed by atoms with E-state index in [0.717, 1.165) is 24.4 Å². The Labute approximate surface area is 89.5 Å². The Morgan fingerprint density at radius 3 is 3.07 bits per heavy atom. The van der Waals surface area contributed by atoms with Crippen molar-refractivity contribution in [2.24, 2.45) is 0 Å². The molecule has 0 atom stereocenters. The van der Waals surface area contributed by atoms with Crippen molar-refractivity contribution < 1.29 is 9.31 Å². The zero-order valence-corrected chi connectivity index (χ0v) is 8.60. The zero-order chi connectivity index (χ0) is 10.5. The van der Waals surface area contributed by atoms with Crippen LogP contribution in [0.25, 0.3) is 0 Å². The van der Waals surface area contributed by atoms with Crippen LogP contribution in [0.2, 0.25) is 0 Å². The van der Waals surface area contributed by atoms with Crippen molar-refractivity contribution in [1.29, 1.82) is 0 Å². The van der Waals surface area contributed by atoms with Gasteiger partial charge in [-0.2, -0.15) is 0 Å². The third kappa shape index (κ3) is 2.84. The largest absolute Gasteiger partial charge is 0.487 e. The van der Waals surface area contributed by atoms with Gasteiger partial charge in [-0.1, -0.05) is 6.07 Å². The first-order chi connectivity index (χ1) is 7.34. The standard InChI is InChI=1S/C12H15N2O/c13-11-4-3-5-12(10-11)15-9-8-14-6-1-2-7-14/h1,3-7,10H,2,8-9,13H2/q+1. The molecule has 0 aliphatic carbocycles. The highest BCUT2D eigenvalue weighted by Crippen LogP contribution is 2.14. The van der Waals surface area contributed by atoms with Crippen LogP contribution in [0, 0.1) is 0 Å². The molecule has 3 nitrogen and oxygen atoms in total. The van der Waals surface area contributed by atoms with Crippen molar-refractivity contribution in [2.45, 2.75) is 6.42 Å². The SMILES string of the molecule is Nc1cccc(OCC[N+]2=CCC=C2)c1. The van der Waals surface area contributed by atoms with E-state index in [4.69, 9.17) is 10.5 Å². The lowest BCUT2D eigenvalue weighted by Gasteiger charge is -2.04. The molecule has 0 bridgehead atoms.